The number of piperidine rings is 1. The number of aryl methyl sites for hydroxylation is 1. The molecule has 4 rings (SSSR count). The van der Waals surface area contributed by atoms with Crippen LogP contribution in [-0.2, 0) is 6.54 Å². The molecule has 1 fully saturated rings. The highest BCUT2D eigenvalue weighted by molar-refractivity contribution is 7.20. The summed E-state index contributed by atoms with van der Waals surface area (Å²) < 4.78 is 15.1. The number of nitrogens with zero attached hydrogens (tertiary/aromatic N) is 3. The largest absolute Gasteiger partial charge is 0.337 e. The van der Waals surface area contributed by atoms with Crippen LogP contribution in [0.3, 0.4) is 0 Å². The molecular formula is C21H24FN3OS. The lowest BCUT2D eigenvalue weighted by Gasteiger charge is -2.34. The Balaban J connectivity index is 1.62. The van der Waals surface area contributed by atoms with E-state index in [4.69, 9.17) is 0 Å². The summed E-state index contributed by atoms with van der Waals surface area (Å²) in [6.07, 6.45) is 1.18. The summed E-state index contributed by atoms with van der Waals surface area (Å²) in [6.45, 7) is 8.62. The van der Waals surface area contributed by atoms with Gasteiger partial charge in [-0.15, -0.1) is 11.3 Å². The zero-order valence-corrected chi connectivity index (χ0v) is 16.7. The molecule has 4 nitrogen and oxygen atoms in total. The highest BCUT2D eigenvalue weighted by Gasteiger charge is 2.27. The molecule has 3 heterocycles. The SMILES string of the molecule is Cc1nn(Cc2ccc(F)cc2)c2sc(C(=O)N3CC(C)CC(C)C3)cc12. The smallest absolute Gasteiger partial charge is 0.264 e. The Morgan fingerprint density at radius 2 is 1.89 bits per heavy atom. The van der Waals surface area contributed by atoms with Gasteiger partial charge in [-0.3, -0.25) is 9.48 Å². The van der Waals surface area contributed by atoms with Gasteiger partial charge in [0.15, 0.2) is 0 Å². The predicted octanol–water partition coefficient (Wildman–Crippen LogP) is 4.71. The zero-order chi connectivity index (χ0) is 19.1. The van der Waals surface area contributed by atoms with Crippen molar-refractivity contribution in [1.82, 2.24) is 14.7 Å². The average Bonchev–Trinajstić information content (AvgIpc) is 3.17. The maximum atomic E-state index is 13.1. The quantitative estimate of drug-likeness (QED) is 0.655. The number of likely N-dealkylation sites (tertiary alicyclic amines) is 1. The van der Waals surface area contributed by atoms with Crippen LogP contribution in [-0.4, -0.2) is 33.7 Å². The molecule has 0 saturated carbocycles. The Labute approximate surface area is 162 Å². The lowest BCUT2D eigenvalue weighted by Crippen LogP contribution is -2.42. The molecule has 1 aliphatic rings. The second kappa shape index (κ2) is 7.08. The van der Waals surface area contributed by atoms with E-state index in [0.717, 1.165) is 39.4 Å². The van der Waals surface area contributed by atoms with Gasteiger partial charge in [0.25, 0.3) is 5.91 Å². The fourth-order valence-electron chi connectivity index (χ4n) is 4.07. The van der Waals surface area contributed by atoms with Crippen molar-refractivity contribution in [3.63, 3.8) is 0 Å². The monoisotopic (exact) mass is 385 g/mol. The molecule has 1 amide bonds. The number of aromatic nitrogens is 2. The Hall–Kier alpha value is -2.21. The molecule has 0 bridgehead atoms. The summed E-state index contributed by atoms with van der Waals surface area (Å²) >= 11 is 1.51. The van der Waals surface area contributed by atoms with Crippen LogP contribution in [0.5, 0.6) is 0 Å². The number of carbonyl (C=O) groups excluding carboxylic acids is 1. The second-order valence-corrected chi connectivity index (χ2v) is 8.89. The third-order valence-corrected chi connectivity index (χ3v) is 6.36. The number of hydrogen-bond acceptors (Lipinski definition) is 3. The van der Waals surface area contributed by atoms with Gasteiger partial charge in [0.05, 0.1) is 17.1 Å². The van der Waals surface area contributed by atoms with Gasteiger partial charge < -0.3 is 4.90 Å². The maximum Gasteiger partial charge on any atom is 0.264 e. The van der Waals surface area contributed by atoms with Gasteiger partial charge in [-0.2, -0.15) is 5.10 Å². The van der Waals surface area contributed by atoms with Gasteiger partial charge in [-0.25, -0.2) is 4.39 Å². The number of halogens is 1. The summed E-state index contributed by atoms with van der Waals surface area (Å²) in [6, 6.07) is 8.45. The summed E-state index contributed by atoms with van der Waals surface area (Å²) in [5.41, 5.74) is 1.91. The number of thiophene rings is 1. The van der Waals surface area contributed by atoms with Crippen LogP contribution in [0.25, 0.3) is 10.2 Å². The van der Waals surface area contributed by atoms with Crippen molar-refractivity contribution in [3.8, 4) is 0 Å². The number of hydrogen-bond donors (Lipinski definition) is 0. The van der Waals surface area contributed by atoms with Crippen molar-refractivity contribution in [2.45, 2.75) is 33.7 Å². The van der Waals surface area contributed by atoms with E-state index in [9.17, 15) is 9.18 Å². The molecule has 1 aliphatic heterocycles. The van der Waals surface area contributed by atoms with Crippen LogP contribution in [0.15, 0.2) is 30.3 Å². The maximum absolute atomic E-state index is 13.1. The van der Waals surface area contributed by atoms with E-state index < -0.39 is 0 Å². The predicted molar refractivity (Wildman–Crippen MR) is 107 cm³/mol. The molecule has 27 heavy (non-hydrogen) atoms. The number of fused-ring (bicyclic) bond motifs is 1. The summed E-state index contributed by atoms with van der Waals surface area (Å²) in [5, 5.41) is 5.64. The molecule has 6 heteroatoms. The highest BCUT2D eigenvalue weighted by Crippen LogP contribution is 2.31. The lowest BCUT2D eigenvalue weighted by molar-refractivity contribution is 0.0628. The standard InChI is InChI=1S/C21H24FN3OS/c1-13-8-14(2)11-24(10-13)20(26)19-9-18-15(3)23-25(21(18)27-19)12-16-4-6-17(22)7-5-16/h4-7,9,13-14H,8,10-12H2,1-3H3. The van der Waals surface area contributed by atoms with Crippen molar-refractivity contribution in [2.24, 2.45) is 11.8 Å². The van der Waals surface area contributed by atoms with Crippen LogP contribution >= 0.6 is 11.3 Å². The first-order valence-corrected chi connectivity index (χ1v) is 10.2. The van der Waals surface area contributed by atoms with Crippen molar-refractivity contribution in [3.05, 3.63) is 52.3 Å². The number of benzene rings is 1. The molecular weight excluding hydrogens is 361 g/mol. The Morgan fingerprint density at radius 1 is 1.22 bits per heavy atom. The van der Waals surface area contributed by atoms with E-state index in [1.807, 2.05) is 22.6 Å². The molecule has 2 atom stereocenters. The van der Waals surface area contributed by atoms with E-state index in [-0.39, 0.29) is 11.7 Å². The van der Waals surface area contributed by atoms with E-state index in [2.05, 4.69) is 18.9 Å². The third-order valence-electron chi connectivity index (χ3n) is 5.22. The van der Waals surface area contributed by atoms with E-state index in [1.165, 1.54) is 29.9 Å². The average molecular weight is 386 g/mol. The van der Waals surface area contributed by atoms with E-state index in [0.29, 0.717) is 18.4 Å². The fraction of sp³-hybridized carbons (Fsp3) is 0.429. The molecule has 2 unspecified atom stereocenters. The Morgan fingerprint density at radius 3 is 2.56 bits per heavy atom. The van der Waals surface area contributed by atoms with Crippen molar-refractivity contribution >= 4 is 27.5 Å². The van der Waals surface area contributed by atoms with Gasteiger partial charge in [0, 0.05) is 18.5 Å². The van der Waals surface area contributed by atoms with Crippen LogP contribution in [0.2, 0.25) is 0 Å². The van der Waals surface area contributed by atoms with Crippen molar-refractivity contribution < 1.29 is 9.18 Å². The van der Waals surface area contributed by atoms with E-state index in [1.54, 1.807) is 12.1 Å². The molecule has 3 aromatic rings. The molecule has 142 valence electrons. The molecule has 2 aromatic heterocycles. The van der Waals surface area contributed by atoms with Crippen LogP contribution in [0.4, 0.5) is 4.39 Å². The topological polar surface area (TPSA) is 38.1 Å². The normalized spacial score (nSPS) is 20.4. The minimum Gasteiger partial charge on any atom is -0.337 e. The number of carbonyl (C=O) groups is 1. The van der Waals surface area contributed by atoms with Gasteiger partial charge in [0.2, 0.25) is 0 Å². The summed E-state index contributed by atoms with van der Waals surface area (Å²) in [4.78, 5) is 16.8. The summed E-state index contributed by atoms with van der Waals surface area (Å²) in [7, 11) is 0. The molecule has 1 aromatic carbocycles. The van der Waals surface area contributed by atoms with Gasteiger partial charge in [0.1, 0.15) is 10.6 Å². The lowest BCUT2D eigenvalue weighted by atomic mass is 9.92. The summed E-state index contributed by atoms with van der Waals surface area (Å²) in [5.74, 6) is 0.974. The third kappa shape index (κ3) is 3.63. The van der Waals surface area contributed by atoms with Crippen molar-refractivity contribution in [2.75, 3.05) is 13.1 Å². The van der Waals surface area contributed by atoms with Crippen molar-refractivity contribution in [1.29, 1.82) is 0 Å². The molecule has 0 N–H and O–H groups in total. The Kier molecular flexibility index (Phi) is 4.76. The minimum absolute atomic E-state index is 0.127. The van der Waals surface area contributed by atoms with E-state index >= 15 is 0 Å². The number of amides is 1. The molecule has 0 aliphatic carbocycles. The zero-order valence-electron chi connectivity index (χ0n) is 15.9. The first-order valence-electron chi connectivity index (χ1n) is 9.41. The van der Waals surface area contributed by atoms with Crippen LogP contribution < -0.4 is 0 Å². The van der Waals surface area contributed by atoms with Gasteiger partial charge >= 0.3 is 0 Å². The first-order chi connectivity index (χ1) is 12.9. The fourth-order valence-corrected chi connectivity index (χ4v) is 5.20. The second-order valence-electron chi connectivity index (χ2n) is 7.86. The Bertz CT molecular complexity index is 965. The van der Waals surface area contributed by atoms with Crippen LogP contribution in [0, 0.1) is 24.6 Å². The highest BCUT2D eigenvalue weighted by atomic mass is 32.1. The van der Waals surface area contributed by atoms with Crippen LogP contribution in [0.1, 0.15) is 41.2 Å². The number of rotatable bonds is 3. The molecule has 1 saturated heterocycles. The molecule has 0 spiro atoms. The molecule has 0 radical (unpaired) electrons. The minimum atomic E-state index is -0.241. The first kappa shape index (κ1) is 18.2. The van der Waals surface area contributed by atoms with Gasteiger partial charge in [-0.05, 0) is 48.9 Å². The van der Waals surface area contributed by atoms with Gasteiger partial charge in [-0.1, -0.05) is 26.0 Å².